The van der Waals surface area contributed by atoms with Crippen molar-refractivity contribution in [2.45, 2.75) is 25.8 Å². The molecule has 1 atom stereocenters. The molecule has 1 spiro atoms. The van der Waals surface area contributed by atoms with Gasteiger partial charge in [-0.2, -0.15) is 5.26 Å². The van der Waals surface area contributed by atoms with Crippen molar-refractivity contribution in [3.63, 3.8) is 0 Å². The molecule has 48 heavy (non-hydrogen) atoms. The van der Waals surface area contributed by atoms with Crippen LogP contribution >= 0.6 is 0 Å². The number of fused-ring (bicyclic) bond motifs is 10. The van der Waals surface area contributed by atoms with Crippen LogP contribution in [0.3, 0.4) is 0 Å². The van der Waals surface area contributed by atoms with Crippen molar-refractivity contribution >= 4 is 44.4 Å². The highest BCUT2D eigenvalue weighted by molar-refractivity contribution is 6.20. The van der Waals surface area contributed by atoms with Gasteiger partial charge in [0.1, 0.15) is 22.8 Å². The van der Waals surface area contributed by atoms with Gasteiger partial charge in [0.2, 0.25) is 11.8 Å². The standard InChI is InChI=1S/C38H26N8O2/c1-21-15-16-30(22(2)17-21)46-23(19-41-44-46)20-45-31-14-8-5-11-26(31)38(37(45)47)27(18-39)36(40)48-35-25-10-4-3-9-24(25)33-34(32(35)38)43-29-13-7-6-12-28(29)42-33/h3-17,19H,20,40H2,1-2H3. The molecule has 0 aliphatic carbocycles. The third-order valence-electron chi connectivity index (χ3n) is 9.47. The smallest absolute Gasteiger partial charge is 0.248 e. The molecular formula is C38H26N8O2. The summed E-state index contributed by atoms with van der Waals surface area (Å²) in [5, 5.41) is 20.9. The molecule has 2 N–H and O–H groups in total. The van der Waals surface area contributed by atoms with E-state index in [-0.39, 0.29) is 23.9 Å². The lowest BCUT2D eigenvalue weighted by atomic mass is 9.67. The van der Waals surface area contributed by atoms with Gasteiger partial charge in [0.15, 0.2) is 0 Å². The minimum Gasteiger partial charge on any atom is -0.439 e. The number of anilines is 1. The minimum atomic E-state index is -1.67. The fourth-order valence-electron chi connectivity index (χ4n) is 7.42. The van der Waals surface area contributed by atoms with Crippen molar-refractivity contribution in [2.75, 3.05) is 4.90 Å². The number of carbonyl (C=O) groups excluding carboxylic acids is 1. The largest absolute Gasteiger partial charge is 0.439 e. The number of hydrogen-bond acceptors (Lipinski definition) is 8. The monoisotopic (exact) mass is 626 g/mol. The Balaban J connectivity index is 1.35. The number of nitrogens with two attached hydrogens (primary N) is 1. The Morgan fingerprint density at radius 3 is 2.35 bits per heavy atom. The van der Waals surface area contributed by atoms with E-state index in [9.17, 15) is 5.26 Å². The molecule has 2 aromatic heterocycles. The summed E-state index contributed by atoms with van der Waals surface area (Å²) in [5.74, 6) is -0.103. The van der Waals surface area contributed by atoms with Crippen LogP contribution in [0.1, 0.15) is 27.9 Å². The molecule has 0 fully saturated rings. The van der Waals surface area contributed by atoms with Gasteiger partial charge in [0, 0.05) is 27.6 Å². The molecule has 5 aromatic carbocycles. The lowest BCUT2D eigenvalue weighted by molar-refractivity contribution is -0.121. The first-order valence-electron chi connectivity index (χ1n) is 15.5. The Morgan fingerprint density at radius 2 is 1.58 bits per heavy atom. The van der Waals surface area contributed by atoms with Gasteiger partial charge in [-0.1, -0.05) is 77.5 Å². The molecule has 0 saturated carbocycles. The first-order chi connectivity index (χ1) is 23.4. The number of benzene rings is 5. The summed E-state index contributed by atoms with van der Waals surface area (Å²) < 4.78 is 8.09. The second-order valence-corrected chi connectivity index (χ2v) is 12.2. The van der Waals surface area contributed by atoms with E-state index < -0.39 is 5.41 Å². The Morgan fingerprint density at radius 1 is 0.875 bits per heavy atom. The summed E-state index contributed by atoms with van der Waals surface area (Å²) in [4.78, 5) is 27.3. The zero-order valence-electron chi connectivity index (χ0n) is 26.0. The van der Waals surface area contributed by atoms with E-state index in [0.29, 0.717) is 55.7 Å². The van der Waals surface area contributed by atoms with E-state index in [1.807, 2.05) is 98.8 Å². The quantitative estimate of drug-likeness (QED) is 0.185. The van der Waals surface area contributed by atoms with Crippen LogP contribution < -0.4 is 15.4 Å². The van der Waals surface area contributed by atoms with Crippen LogP contribution in [0.25, 0.3) is 38.5 Å². The first-order valence-corrected chi connectivity index (χ1v) is 15.5. The molecular weight excluding hydrogens is 600 g/mol. The van der Waals surface area contributed by atoms with Crippen LogP contribution in [0.4, 0.5) is 5.69 Å². The van der Waals surface area contributed by atoms with Crippen molar-refractivity contribution < 1.29 is 9.53 Å². The number of rotatable bonds is 3. The third-order valence-corrected chi connectivity index (χ3v) is 9.47. The highest BCUT2D eigenvalue weighted by atomic mass is 16.5. The predicted octanol–water partition coefficient (Wildman–Crippen LogP) is 6.05. The zero-order chi connectivity index (χ0) is 32.7. The van der Waals surface area contributed by atoms with Gasteiger partial charge in [0.05, 0.1) is 46.2 Å². The third kappa shape index (κ3) is 3.58. The minimum absolute atomic E-state index is 0.00232. The number of hydrogen-bond donors (Lipinski definition) is 1. The van der Waals surface area contributed by atoms with E-state index in [0.717, 1.165) is 22.2 Å². The first kappa shape index (κ1) is 27.7. The zero-order valence-corrected chi connectivity index (χ0v) is 26.0. The Labute approximate surface area is 274 Å². The molecule has 1 amide bonds. The number of para-hydroxylation sites is 3. The number of aryl methyl sites for hydroxylation is 2. The summed E-state index contributed by atoms with van der Waals surface area (Å²) in [5.41, 5.74) is 12.8. The maximum absolute atomic E-state index is 15.5. The summed E-state index contributed by atoms with van der Waals surface area (Å²) in [6.07, 6.45) is 1.66. The molecule has 0 bridgehead atoms. The average Bonchev–Trinajstić information content (AvgIpc) is 3.65. The SMILES string of the molecule is Cc1ccc(-n2nncc2CN2C(=O)C3(C(C#N)=C(N)Oc4c3c3nc5ccccc5nc3c3ccccc43)c3ccccc32)c(C)c1. The van der Waals surface area contributed by atoms with E-state index >= 15 is 4.79 Å². The van der Waals surface area contributed by atoms with Crippen molar-refractivity contribution in [3.05, 3.63) is 137 Å². The van der Waals surface area contributed by atoms with Crippen LogP contribution in [-0.4, -0.2) is 30.9 Å². The van der Waals surface area contributed by atoms with Crippen LogP contribution in [0, 0.1) is 25.2 Å². The van der Waals surface area contributed by atoms with Crippen LogP contribution in [0.15, 0.2) is 109 Å². The Kier molecular flexibility index (Phi) is 5.74. The molecule has 1 unspecified atom stereocenters. The average molecular weight is 627 g/mol. The molecule has 10 heteroatoms. The fraction of sp³-hybridized carbons (Fsp3) is 0.105. The number of ether oxygens (including phenoxy) is 1. The summed E-state index contributed by atoms with van der Waals surface area (Å²) in [6, 6.07) is 31.2. The maximum Gasteiger partial charge on any atom is 0.248 e. The van der Waals surface area contributed by atoms with Crippen molar-refractivity contribution in [1.82, 2.24) is 25.0 Å². The van der Waals surface area contributed by atoms with Gasteiger partial charge in [-0.15, -0.1) is 5.10 Å². The van der Waals surface area contributed by atoms with Gasteiger partial charge in [0.25, 0.3) is 0 Å². The second kappa shape index (κ2) is 9.95. The molecule has 2 aliphatic heterocycles. The van der Waals surface area contributed by atoms with E-state index in [1.165, 1.54) is 0 Å². The lowest BCUT2D eigenvalue weighted by Gasteiger charge is -2.35. The summed E-state index contributed by atoms with van der Waals surface area (Å²) in [7, 11) is 0. The molecule has 10 nitrogen and oxygen atoms in total. The molecule has 0 radical (unpaired) electrons. The van der Waals surface area contributed by atoms with E-state index in [2.05, 4.69) is 22.4 Å². The summed E-state index contributed by atoms with van der Waals surface area (Å²) >= 11 is 0. The van der Waals surface area contributed by atoms with Crippen molar-refractivity contribution in [1.29, 1.82) is 5.26 Å². The topological polar surface area (TPSA) is 136 Å². The van der Waals surface area contributed by atoms with Gasteiger partial charge < -0.3 is 15.4 Å². The summed E-state index contributed by atoms with van der Waals surface area (Å²) in [6.45, 7) is 4.19. The number of carbonyl (C=O) groups is 1. The highest BCUT2D eigenvalue weighted by Crippen LogP contribution is 2.58. The number of amides is 1. The highest BCUT2D eigenvalue weighted by Gasteiger charge is 2.60. The Hall–Kier alpha value is -6.60. The van der Waals surface area contributed by atoms with Gasteiger partial charge >= 0.3 is 0 Å². The number of aromatic nitrogens is 5. The van der Waals surface area contributed by atoms with E-state index in [1.54, 1.807) is 15.8 Å². The predicted molar refractivity (Wildman–Crippen MR) is 181 cm³/mol. The van der Waals surface area contributed by atoms with Crippen molar-refractivity contribution in [3.8, 4) is 17.5 Å². The van der Waals surface area contributed by atoms with Crippen LogP contribution in [0.2, 0.25) is 0 Å². The Bertz CT molecular complexity index is 2620. The molecule has 9 rings (SSSR count). The molecule has 230 valence electrons. The molecule has 2 aliphatic rings. The maximum atomic E-state index is 15.5. The van der Waals surface area contributed by atoms with E-state index in [4.69, 9.17) is 20.4 Å². The number of nitriles is 1. The normalized spacial score (nSPS) is 16.9. The van der Waals surface area contributed by atoms with Gasteiger partial charge in [-0.05, 0) is 43.7 Å². The van der Waals surface area contributed by atoms with Crippen LogP contribution in [-0.2, 0) is 16.8 Å². The molecule has 4 heterocycles. The lowest BCUT2D eigenvalue weighted by Crippen LogP contribution is -2.46. The number of nitrogens with zero attached hydrogens (tertiary/aromatic N) is 7. The van der Waals surface area contributed by atoms with Crippen LogP contribution in [0.5, 0.6) is 5.75 Å². The molecule has 0 saturated heterocycles. The van der Waals surface area contributed by atoms with Gasteiger partial charge in [-0.3, -0.25) is 4.79 Å². The molecule has 7 aromatic rings. The van der Waals surface area contributed by atoms with Gasteiger partial charge in [-0.25, -0.2) is 14.6 Å². The van der Waals surface area contributed by atoms with Crippen molar-refractivity contribution in [2.24, 2.45) is 5.73 Å². The second-order valence-electron chi connectivity index (χ2n) is 12.2. The fourth-order valence-corrected chi connectivity index (χ4v) is 7.42.